The number of carbonyl (C=O) groups excluding carboxylic acids is 1. The second kappa shape index (κ2) is 6.17. The first-order chi connectivity index (χ1) is 12.8. The lowest BCUT2D eigenvalue weighted by Gasteiger charge is -2.26. The molecule has 7 heteroatoms. The number of benzene rings is 1. The molecule has 1 fully saturated rings. The molecule has 0 bridgehead atoms. The van der Waals surface area contributed by atoms with Crippen LogP contribution >= 0.6 is 0 Å². The number of carbonyl (C=O) groups is 1. The van der Waals surface area contributed by atoms with Gasteiger partial charge in [0.25, 0.3) is 5.91 Å². The highest BCUT2D eigenvalue weighted by Crippen LogP contribution is 2.28. The first-order valence-corrected chi connectivity index (χ1v) is 8.97. The number of anilines is 1. The molecule has 0 radical (unpaired) electrons. The van der Waals surface area contributed by atoms with E-state index in [2.05, 4.69) is 27.2 Å². The van der Waals surface area contributed by atoms with Gasteiger partial charge in [-0.2, -0.15) is 0 Å². The highest BCUT2D eigenvalue weighted by molar-refractivity contribution is 5.93. The standard InChI is InChI=1S/C19H20N4O3/c24-19(17-11-18(21-26-17)22-7-9-25-10-8-22)23-6-5-16-14(12-23)13-3-1-2-4-15(13)20-16/h1-4,11,20H,5-10,12H2. The number of hydrogen-bond acceptors (Lipinski definition) is 5. The van der Waals surface area contributed by atoms with Crippen molar-refractivity contribution in [3.8, 4) is 0 Å². The fourth-order valence-electron chi connectivity index (χ4n) is 3.80. The molecule has 4 heterocycles. The van der Waals surface area contributed by atoms with Crippen LogP contribution in [0.1, 0.15) is 21.8 Å². The molecule has 3 aromatic rings. The van der Waals surface area contributed by atoms with Crippen LogP contribution in [0.5, 0.6) is 0 Å². The van der Waals surface area contributed by atoms with E-state index in [1.165, 1.54) is 16.6 Å². The lowest BCUT2D eigenvalue weighted by atomic mass is 10.0. The maximum atomic E-state index is 12.9. The first-order valence-electron chi connectivity index (χ1n) is 8.97. The molecule has 0 atom stereocenters. The van der Waals surface area contributed by atoms with Crippen molar-refractivity contribution in [3.63, 3.8) is 0 Å². The van der Waals surface area contributed by atoms with Gasteiger partial charge in [0.2, 0.25) is 5.76 Å². The minimum atomic E-state index is -0.104. The highest BCUT2D eigenvalue weighted by atomic mass is 16.5. The zero-order chi connectivity index (χ0) is 17.5. The van der Waals surface area contributed by atoms with E-state index in [4.69, 9.17) is 9.26 Å². The van der Waals surface area contributed by atoms with Gasteiger partial charge < -0.3 is 24.0 Å². The lowest BCUT2D eigenvalue weighted by molar-refractivity contribution is 0.0692. The third-order valence-electron chi connectivity index (χ3n) is 5.21. The summed E-state index contributed by atoms with van der Waals surface area (Å²) in [5, 5.41) is 5.27. The van der Waals surface area contributed by atoms with Crippen molar-refractivity contribution < 1.29 is 14.1 Å². The molecule has 2 aliphatic heterocycles. The Bertz CT molecular complexity index is 955. The number of rotatable bonds is 2. The van der Waals surface area contributed by atoms with Gasteiger partial charge in [0.15, 0.2) is 5.82 Å². The molecule has 134 valence electrons. The monoisotopic (exact) mass is 352 g/mol. The number of nitrogens with zero attached hydrogens (tertiary/aromatic N) is 3. The van der Waals surface area contributed by atoms with E-state index in [0.29, 0.717) is 37.9 Å². The van der Waals surface area contributed by atoms with Gasteiger partial charge in [0, 0.05) is 60.8 Å². The van der Waals surface area contributed by atoms with E-state index in [1.807, 2.05) is 17.0 Å². The van der Waals surface area contributed by atoms with Gasteiger partial charge in [-0.05, 0) is 6.07 Å². The Morgan fingerprint density at radius 2 is 2.00 bits per heavy atom. The molecule has 1 N–H and O–H groups in total. The summed E-state index contributed by atoms with van der Waals surface area (Å²) < 4.78 is 10.7. The van der Waals surface area contributed by atoms with Crippen molar-refractivity contribution in [1.82, 2.24) is 15.0 Å². The highest BCUT2D eigenvalue weighted by Gasteiger charge is 2.28. The minimum Gasteiger partial charge on any atom is -0.378 e. The van der Waals surface area contributed by atoms with Gasteiger partial charge >= 0.3 is 0 Å². The van der Waals surface area contributed by atoms with E-state index in [0.717, 1.165) is 25.0 Å². The largest absolute Gasteiger partial charge is 0.378 e. The fraction of sp³-hybridized carbons (Fsp3) is 0.368. The van der Waals surface area contributed by atoms with Crippen molar-refractivity contribution in [2.45, 2.75) is 13.0 Å². The topological polar surface area (TPSA) is 74.6 Å². The zero-order valence-corrected chi connectivity index (χ0v) is 14.4. The maximum Gasteiger partial charge on any atom is 0.292 e. The Morgan fingerprint density at radius 3 is 2.88 bits per heavy atom. The molecule has 7 nitrogen and oxygen atoms in total. The summed E-state index contributed by atoms with van der Waals surface area (Å²) >= 11 is 0. The number of ether oxygens (including phenoxy) is 1. The Labute approximate surface area is 150 Å². The average molecular weight is 352 g/mol. The number of H-pyrrole nitrogens is 1. The quantitative estimate of drug-likeness (QED) is 0.765. The minimum absolute atomic E-state index is 0.104. The predicted molar refractivity (Wildman–Crippen MR) is 96.3 cm³/mol. The molecule has 1 saturated heterocycles. The van der Waals surface area contributed by atoms with Crippen molar-refractivity contribution in [2.75, 3.05) is 37.7 Å². The van der Waals surface area contributed by atoms with Crippen molar-refractivity contribution in [2.24, 2.45) is 0 Å². The first kappa shape index (κ1) is 15.5. The van der Waals surface area contributed by atoms with Crippen LogP contribution in [0.3, 0.4) is 0 Å². The summed E-state index contributed by atoms with van der Waals surface area (Å²) in [6.07, 6.45) is 0.820. The Kier molecular flexibility index (Phi) is 3.67. The number of hydrogen-bond donors (Lipinski definition) is 1. The molecule has 26 heavy (non-hydrogen) atoms. The van der Waals surface area contributed by atoms with Crippen LogP contribution in [0.4, 0.5) is 5.82 Å². The normalized spacial score (nSPS) is 17.5. The average Bonchev–Trinajstić information content (AvgIpc) is 3.33. The summed E-state index contributed by atoms with van der Waals surface area (Å²) in [4.78, 5) is 20.3. The van der Waals surface area contributed by atoms with Gasteiger partial charge in [0.05, 0.1) is 13.2 Å². The smallest absolute Gasteiger partial charge is 0.292 e. The van der Waals surface area contributed by atoms with E-state index in [9.17, 15) is 4.79 Å². The summed E-state index contributed by atoms with van der Waals surface area (Å²) in [6.45, 7) is 4.14. The molecule has 0 spiro atoms. The number of amides is 1. The van der Waals surface area contributed by atoms with Gasteiger partial charge in [0.1, 0.15) is 0 Å². The van der Waals surface area contributed by atoms with Crippen molar-refractivity contribution in [3.05, 3.63) is 47.3 Å². The van der Waals surface area contributed by atoms with Crippen LogP contribution < -0.4 is 4.90 Å². The van der Waals surface area contributed by atoms with E-state index in [1.54, 1.807) is 6.07 Å². The molecule has 1 aromatic carbocycles. The number of nitrogens with one attached hydrogen (secondary N) is 1. The molecule has 0 unspecified atom stereocenters. The second-order valence-electron chi connectivity index (χ2n) is 6.75. The summed E-state index contributed by atoms with van der Waals surface area (Å²) in [7, 11) is 0. The molecule has 2 aliphatic rings. The number of fused-ring (bicyclic) bond motifs is 3. The second-order valence-corrected chi connectivity index (χ2v) is 6.75. The van der Waals surface area contributed by atoms with Crippen LogP contribution in [-0.2, 0) is 17.7 Å². The number of morpholine rings is 1. The zero-order valence-electron chi connectivity index (χ0n) is 14.4. The van der Waals surface area contributed by atoms with Crippen molar-refractivity contribution in [1.29, 1.82) is 0 Å². The summed E-state index contributed by atoms with van der Waals surface area (Å²) in [5.74, 6) is 0.907. The molecular formula is C19H20N4O3. The Hall–Kier alpha value is -2.80. The number of para-hydroxylation sites is 1. The number of aromatic nitrogens is 2. The van der Waals surface area contributed by atoms with Crippen LogP contribution in [0, 0.1) is 0 Å². The van der Waals surface area contributed by atoms with Gasteiger partial charge in [-0.15, -0.1) is 0 Å². The van der Waals surface area contributed by atoms with Crippen LogP contribution in [0.25, 0.3) is 10.9 Å². The van der Waals surface area contributed by atoms with Crippen LogP contribution in [0.2, 0.25) is 0 Å². The summed E-state index contributed by atoms with van der Waals surface area (Å²) in [6, 6.07) is 9.98. The molecule has 0 aliphatic carbocycles. The Balaban J connectivity index is 1.37. The predicted octanol–water partition coefficient (Wildman–Crippen LogP) is 2.19. The molecular weight excluding hydrogens is 332 g/mol. The maximum absolute atomic E-state index is 12.9. The SMILES string of the molecule is O=C(c1cc(N2CCOCC2)no1)N1CCc2[nH]c3ccccc3c2C1. The molecule has 0 saturated carbocycles. The van der Waals surface area contributed by atoms with E-state index < -0.39 is 0 Å². The lowest BCUT2D eigenvalue weighted by Crippen LogP contribution is -2.36. The molecule has 1 amide bonds. The fourth-order valence-corrected chi connectivity index (χ4v) is 3.80. The summed E-state index contributed by atoms with van der Waals surface area (Å²) in [5.41, 5.74) is 3.55. The number of aromatic amines is 1. The van der Waals surface area contributed by atoms with E-state index in [-0.39, 0.29) is 5.91 Å². The third-order valence-corrected chi connectivity index (χ3v) is 5.21. The van der Waals surface area contributed by atoms with Crippen molar-refractivity contribution >= 4 is 22.6 Å². The van der Waals surface area contributed by atoms with Gasteiger partial charge in [-0.25, -0.2) is 0 Å². The third kappa shape index (κ3) is 2.55. The van der Waals surface area contributed by atoms with Gasteiger partial charge in [-0.1, -0.05) is 23.4 Å². The van der Waals surface area contributed by atoms with E-state index >= 15 is 0 Å². The van der Waals surface area contributed by atoms with Crippen LogP contribution in [0.15, 0.2) is 34.9 Å². The molecule has 5 rings (SSSR count). The van der Waals surface area contributed by atoms with Gasteiger partial charge in [-0.3, -0.25) is 4.79 Å². The Morgan fingerprint density at radius 1 is 1.15 bits per heavy atom. The molecule has 2 aromatic heterocycles. The van der Waals surface area contributed by atoms with Crippen LogP contribution in [-0.4, -0.2) is 53.8 Å².